The summed E-state index contributed by atoms with van der Waals surface area (Å²) in [5, 5.41) is 3.05. The van der Waals surface area contributed by atoms with Gasteiger partial charge < -0.3 is 10.1 Å². The van der Waals surface area contributed by atoms with Gasteiger partial charge >= 0.3 is 0 Å². The Hall–Kier alpha value is -2.46. The van der Waals surface area contributed by atoms with Gasteiger partial charge in [-0.1, -0.05) is 36.4 Å². The third-order valence-corrected chi connectivity index (χ3v) is 4.32. The Morgan fingerprint density at radius 2 is 1.67 bits per heavy atom. The van der Waals surface area contributed by atoms with E-state index in [1.165, 1.54) is 0 Å². The van der Waals surface area contributed by atoms with Gasteiger partial charge in [0.25, 0.3) is 5.91 Å². The minimum Gasteiger partial charge on any atom is -0.381 e. The monoisotopic (exact) mass is 323 g/mol. The topological polar surface area (TPSA) is 55.4 Å². The number of hydrogen-bond donors (Lipinski definition) is 1. The van der Waals surface area contributed by atoms with Crippen LogP contribution in [0.15, 0.2) is 48.5 Å². The number of Topliss-reactive ketones (excluding diaryl/α,β-unsaturated/α-hetero) is 1. The molecule has 0 bridgehead atoms. The third-order valence-electron chi connectivity index (χ3n) is 4.32. The molecule has 1 aliphatic rings. The molecule has 4 heteroatoms. The SMILES string of the molecule is CC(=O)c1ccccc1-c1ccc(C(=O)NC2CCOCC2)cc1. The van der Waals surface area contributed by atoms with Crippen LogP contribution in [0.2, 0.25) is 0 Å². The lowest BCUT2D eigenvalue weighted by Gasteiger charge is -2.23. The molecule has 2 aromatic rings. The van der Waals surface area contributed by atoms with E-state index in [0.717, 1.165) is 24.0 Å². The number of carbonyl (C=O) groups is 2. The molecule has 1 saturated heterocycles. The van der Waals surface area contributed by atoms with E-state index in [0.29, 0.717) is 24.3 Å². The molecule has 0 spiro atoms. The van der Waals surface area contributed by atoms with E-state index in [1.54, 1.807) is 19.1 Å². The highest BCUT2D eigenvalue weighted by Gasteiger charge is 2.17. The predicted molar refractivity (Wildman–Crippen MR) is 93.2 cm³/mol. The van der Waals surface area contributed by atoms with Gasteiger partial charge in [-0.05, 0) is 43.0 Å². The molecule has 0 atom stereocenters. The van der Waals surface area contributed by atoms with Crippen molar-refractivity contribution in [2.45, 2.75) is 25.8 Å². The number of carbonyl (C=O) groups excluding carboxylic acids is 2. The largest absolute Gasteiger partial charge is 0.381 e. The number of rotatable bonds is 4. The van der Waals surface area contributed by atoms with Crippen molar-refractivity contribution in [2.24, 2.45) is 0 Å². The Bertz CT molecular complexity index is 731. The number of ether oxygens (including phenoxy) is 1. The van der Waals surface area contributed by atoms with Crippen molar-refractivity contribution in [3.05, 3.63) is 59.7 Å². The van der Waals surface area contributed by atoms with Gasteiger partial charge in [-0.25, -0.2) is 0 Å². The Morgan fingerprint density at radius 1 is 1.00 bits per heavy atom. The van der Waals surface area contributed by atoms with Crippen LogP contribution >= 0.6 is 0 Å². The summed E-state index contributed by atoms with van der Waals surface area (Å²) in [6, 6.07) is 15.1. The standard InChI is InChI=1S/C20H21NO3/c1-14(22)18-4-2-3-5-19(18)15-6-8-16(9-7-15)20(23)21-17-10-12-24-13-11-17/h2-9,17H,10-13H2,1H3,(H,21,23). The first-order valence-corrected chi connectivity index (χ1v) is 8.24. The molecule has 0 unspecified atom stereocenters. The van der Waals surface area contributed by atoms with Gasteiger partial charge in [0, 0.05) is 30.4 Å². The van der Waals surface area contributed by atoms with Crippen molar-refractivity contribution in [1.82, 2.24) is 5.32 Å². The van der Waals surface area contributed by atoms with Crippen LogP contribution in [0.25, 0.3) is 11.1 Å². The highest BCUT2D eigenvalue weighted by atomic mass is 16.5. The van der Waals surface area contributed by atoms with Crippen LogP contribution in [0.3, 0.4) is 0 Å². The maximum Gasteiger partial charge on any atom is 0.251 e. The predicted octanol–water partition coefficient (Wildman–Crippen LogP) is 3.47. The maximum absolute atomic E-state index is 12.3. The summed E-state index contributed by atoms with van der Waals surface area (Å²) in [4.78, 5) is 24.1. The maximum atomic E-state index is 12.3. The summed E-state index contributed by atoms with van der Waals surface area (Å²) >= 11 is 0. The van der Waals surface area contributed by atoms with Gasteiger partial charge in [0.1, 0.15) is 0 Å². The highest BCUT2D eigenvalue weighted by molar-refractivity contribution is 6.01. The van der Waals surface area contributed by atoms with Crippen LogP contribution in [0.5, 0.6) is 0 Å². The zero-order valence-corrected chi connectivity index (χ0v) is 13.7. The molecule has 4 nitrogen and oxygen atoms in total. The fourth-order valence-corrected chi connectivity index (χ4v) is 2.95. The summed E-state index contributed by atoms with van der Waals surface area (Å²) in [6.45, 7) is 2.96. The summed E-state index contributed by atoms with van der Waals surface area (Å²) in [7, 11) is 0. The van der Waals surface area contributed by atoms with Crippen LogP contribution in [0.1, 0.15) is 40.5 Å². The summed E-state index contributed by atoms with van der Waals surface area (Å²) in [5.74, 6) is -0.0276. The van der Waals surface area contributed by atoms with Gasteiger partial charge in [0.05, 0.1) is 0 Å². The van der Waals surface area contributed by atoms with E-state index in [4.69, 9.17) is 4.74 Å². The van der Waals surface area contributed by atoms with Crippen molar-refractivity contribution in [1.29, 1.82) is 0 Å². The Kier molecular flexibility index (Phi) is 5.06. The first-order chi connectivity index (χ1) is 11.6. The first kappa shape index (κ1) is 16.4. The molecule has 1 fully saturated rings. The lowest BCUT2D eigenvalue weighted by atomic mass is 9.96. The van der Waals surface area contributed by atoms with Crippen molar-refractivity contribution in [2.75, 3.05) is 13.2 Å². The van der Waals surface area contributed by atoms with Crippen molar-refractivity contribution in [3.63, 3.8) is 0 Å². The van der Waals surface area contributed by atoms with E-state index in [1.807, 2.05) is 36.4 Å². The van der Waals surface area contributed by atoms with Gasteiger partial charge in [-0.15, -0.1) is 0 Å². The fraction of sp³-hybridized carbons (Fsp3) is 0.300. The summed E-state index contributed by atoms with van der Waals surface area (Å²) in [5.41, 5.74) is 3.15. The molecule has 24 heavy (non-hydrogen) atoms. The molecule has 1 N–H and O–H groups in total. The van der Waals surface area contributed by atoms with Crippen LogP contribution in [-0.2, 0) is 4.74 Å². The van der Waals surface area contributed by atoms with Gasteiger partial charge in [0.15, 0.2) is 5.78 Å². The molecule has 0 aliphatic carbocycles. The molecule has 3 rings (SSSR count). The second-order valence-corrected chi connectivity index (χ2v) is 6.04. The van der Waals surface area contributed by atoms with E-state index in [-0.39, 0.29) is 17.7 Å². The average molecular weight is 323 g/mol. The minimum absolute atomic E-state index is 0.0342. The Morgan fingerprint density at radius 3 is 2.33 bits per heavy atom. The van der Waals surface area contributed by atoms with Crippen LogP contribution in [0, 0.1) is 0 Å². The smallest absolute Gasteiger partial charge is 0.251 e. The zero-order chi connectivity index (χ0) is 16.9. The molecule has 0 aromatic heterocycles. The second-order valence-electron chi connectivity index (χ2n) is 6.04. The van der Waals surface area contributed by atoms with Gasteiger partial charge in [-0.2, -0.15) is 0 Å². The second kappa shape index (κ2) is 7.41. The molecule has 1 heterocycles. The molecule has 2 aromatic carbocycles. The van der Waals surface area contributed by atoms with Crippen molar-refractivity contribution >= 4 is 11.7 Å². The molecule has 0 radical (unpaired) electrons. The normalized spacial score (nSPS) is 15.0. The number of nitrogens with one attached hydrogen (secondary N) is 1. The number of benzene rings is 2. The van der Waals surface area contributed by atoms with Crippen molar-refractivity contribution < 1.29 is 14.3 Å². The zero-order valence-electron chi connectivity index (χ0n) is 13.7. The van der Waals surface area contributed by atoms with E-state index in [9.17, 15) is 9.59 Å². The number of ketones is 1. The lowest BCUT2D eigenvalue weighted by Crippen LogP contribution is -2.38. The first-order valence-electron chi connectivity index (χ1n) is 8.24. The molecular formula is C20H21NO3. The molecule has 124 valence electrons. The van der Waals surface area contributed by atoms with Gasteiger partial charge in [-0.3, -0.25) is 9.59 Å². The molecular weight excluding hydrogens is 302 g/mol. The molecule has 0 saturated carbocycles. The number of amides is 1. The number of hydrogen-bond acceptors (Lipinski definition) is 3. The summed E-state index contributed by atoms with van der Waals surface area (Å²) in [6.07, 6.45) is 1.71. The quantitative estimate of drug-likeness (QED) is 0.877. The average Bonchev–Trinajstić information content (AvgIpc) is 2.62. The summed E-state index contributed by atoms with van der Waals surface area (Å²) < 4.78 is 5.30. The van der Waals surface area contributed by atoms with E-state index in [2.05, 4.69) is 5.32 Å². The molecule has 1 aliphatic heterocycles. The molecule has 1 amide bonds. The Labute approximate surface area is 141 Å². The van der Waals surface area contributed by atoms with E-state index < -0.39 is 0 Å². The lowest BCUT2D eigenvalue weighted by molar-refractivity contribution is 0.0696. The van der Waals surface area contributed by atoms with Gasteiger partial charge in [0.2, 0.25) is 0 Å². The van der Waals surface area contributed by atoms with Crippen LogP contribution < -0.4 is 5.32 Å². The fourth-order valence-electron chi connectivity index (χ4n) is 2.95. The highest BCUT2D eigenvalue weighted by Crippen LogP contribution is 2.24. The van der Waals surface area contributed by atoms with Crippen LogP contribution in [0.4, 0.5) is 0 Å². The minimum atomic E-state index is -0.0618. The van der Waals surface area contributed by atoms with E-state index >= 15 is 0 Å². The Balaban J connectivity index is 1.76. The van der Waals surface area contributed by atoms with Crippen LogP contribution in [-0.4, -0.2) is 30.9 Å². The third kappa shape index (κ3) is 3.71. The van der Waals surface area contributed by atoms with Crippen molar-refractivity contribution in [3.8, 4) is 11.1 Å².